The van der Waals surface area contributed by atoms with Gasteiger partial charge in [-0.2, -0.15) is 4.98 Å². The number of hydrogen-bond donors (Lipinski definition) is 2. The molecule has 0 spiro atoms. The number of nitrogens with one attached hydrogen (secondary N) is 2. The highest BCUT2D eigenvalue weighted by Gasteiger charge is 2.05. The van der Waals surface area contributed by atoms with Gasteiger partial charge in [-0.05, 0) is 32.4 Å². The fourth-order valence-electron chi connectivity index (χ4n) is 2.38. The van der Waals surface area contributed by atoms with Crippen molar-refractivity contribution >= 4 is 35.6 Å². The summed E-state index contributed by atoms with van der Waals surface area (Å²) in [4.78, 5) is 8.77. The van der Waals surface area contributed by atoms with Crippen LogP contribution in [0.3, 0.4) is 0 Å². The summed E-state index contributed by atoms with van der Waals surface area (Å²) in [6.07, 6.45) is 3.55. The molecule has 0 aromatic carbocycles. The van der Waals surface area contributed by atoms with Gasteiger partial charge in [0.1, 0.15) is 6.54 Å². The first-order valence-electron chi connectivity index (χ1n) is 8.36. The molecule has 0 atom stereocenters. The van der Waals surface area contributed by atoms with Gasteiger partial charge in [0, 0.05) is 25.7 Å². The third kappa shape index (κ3) is 5.38. The van der Waals surface area contributed by atoms with Crippen molar-refractivity contribution < 1.29 is 4.52 Å². The Hall–Kier alpha value is -2.24. The lowest BCUT2D eigenvalue weighted by Crippen LogP contribution is -2.37. The average molecular weight is 470 g/mol. The Labute approximate surface area is 168 Å². The summed E-state index contributed by atoms with van der Waals surface area (Å²) in [5.41, 5.74) is 0.820. The van der Waals surface area contributed by atoms with Gasteiger partial charge in [0.2, 0.25) is 5.89 Å². The van der Waals surface area contributed by atoms with Crippen LogP contribution in [0.1, 0.15) is 30.9 Å². The lowest BCUT2D eigenvalue weighted by atomic mass is 10.3. The maximum absolute atomic E-state index is 5.10. The number of hydrogen-bond acceptors (Lipinski definition) is 6. The molecular weight excluding hydrogens is 447 g/mol. The highest BCUT2D eigenvalue weighted by atomic mass is 127. The summed E-state index contributed by atoms with van der Waals surface area (Å²) in [5.74, 6) is 2.88. The summed E-state index contributed by atoms with van der Waals surface area (Å²) in [7, 11) is 0. The standard InChI is InChI=1S/C16H22N8O.HI/c1-3-17-16(18-9-6-8-15-20-12(2)23-25-15)19-11-14-22-21-13-7-4-5-10-24(13)14;/h4-5,7,10H,3,6,8-9,11H2,1-2H3,(H2,17,18,19);1H. The molecule has 10 heteroatoms. The Kier molecular flexibility index (Phi) is 7.75. The zero-order valence-electron chi connectivity index (χ0n) is 14.8. The van der Waals surface area contributed by atoms with E-state index in [0.717, 1.165) is 43.4 Å². The molecule has 0 fully saturated rings. The smallest absolute Gasteiger partial charge is 0.226 e. The molecule has 0 saturated heterocycles. The first kappa shape index (κ1) is 20.1. The van der Waals surface area contributed by atoms with Crippen molar-refractivity contribution in [3.63, 3.8) is 0 Å². The minimum Gasteiger partial charge on any atom is -0.357 e. The fourth-order valence-corrected chi connectivity index (χ4v) is 2.38. The zero-order valence-corrected chi connectivity index (χ0v) is 17.2. The molecule has 3 aromatic rings. The second-order valence-corrected chi connectivity index (χ2v) is 5.51. The van der Waals surface area contributed by atoms with Crippen molar-refractivity contribution in [1.29, 1.82) is 0 Å². The molecule has 2 N–H and O–H groups in total. The number of aromatic nitrogens is 5. The van der Waals surface area contributed by atoms with E-state index in [2.05, 4.69) is 36.0 Å². The minimum absolute atomic E-state index is 0. The molecule has 0 unspecified atom stereocenters. The fraction of sp³-hybridized carbons (Fsp3) is 0.438. The molecule has 3 aromatic heterocycles. The van der Waals surface area contributed by atoms with Crippen LogP contribution in [0.4, 0.5) is 0 Å². The molecule has 0 radical (unpaired) electrons. The summed E-state index contributed by atoms with van der Waals surface area (Å²) in [6, 6.07) is 5.81. The van der Waals surface area contributed by atoms with E-state index in [0.29, 0.717) is 18.3 Å². The number of aryl methyl sites for hydroxylation is 2. The number of fused-ring (bicyclic) bond motifs is 1. The van der Waals surface area contributed by atoms with E-state index in [1.165, 1.54) is 0 Å². The predicted molar refractivity (Wildman–Crippen MR) is 109 cm³/mol. The van der Waals surface area contributed by atoms with Gasteiger partial charge < -0.3 is 15.2 Å². The SMILES string of the molecule is CCNC(=NCc1nnc2ccccn12)NCCCc1nc(C)no1.I. The Morgan fingerprint density at radius 2 is 2.15 bits per heavy atom. The lowest BCUT2D eigenvalue weighted by molar-refractivity contribution is 0.372. The monoisotopic (exact) mass is 470 g/mol. The van der Waals surface area contributed by atoms with Crippen LogP contribution in [-0.4, -0.2) is 43.8 Å². The Bertz CT molecular complexity index is 844. The van der Waals surface area contributed by atoms with Crippen molar-refractivity contribution in [3.05, 3.63) is 41.9 Å². The first-order valence-corrected chi connectivity index (χ1v) is 8.36. The van der Waals surface area contributed by atoms with Gasteiger partial charge in [0.15, 0.2) is 23.3 Å². The van der Waals surface area contributed by atoms with Crippen molar-refractivity contribution in [3.8, 4) is 0 Å². The molecular formula is C16H23IN8O. The molecule has 9 nitrogen and oxygen atoms in total. The number of aliphatic imine (C=N–C) groups is 1. The van der Waals surface area contributed by atoms with Crippen molar-refractivity contribution in [2.75, 3.05) is 13.1 Å². The van der Waals surface area contributed by atoms with Crippen LogP contribution in [0.15, 0.2) is 33.9 Å². The van der Waals surface area contributed by atoms with Crippen LogP contribution >= 0.6 is 24.0 Å². The maximum atomic E-state index is 5.10. The minimum atomic E-state index is 0. The maximum Gasteiger partial charge on any atom is 0.226 e. The van der Waals surface area contributed by atoms with Gasteiger partial charge in [-0.25, -0.2) is 4.99 Å². The van der Waals surface area contributed by atoms with E-state index in [-0.39, 0.29) is 24.0 Å². The summed E-state index contributed by atoms with van der Waals surface area (Å²) >= 11 is 0. The number of rotatable bonds is 7. The van der Waals surface area contributed by atoms with Crippen molar-refractivity contribution in [1.82, 2.24) is 35.4 Å². The van der Waals surface area contributed by atoms with Crippen LogP contribution in [0.5, 0.6) is 0 Å². The summed E-state index contributed by atoms with van der Waals surface area (Å²) in [5, 5.41) is 18.6. The Balaban J connectivity index is 0.00000243. The van der Waals surface area contributed by atoms with E-state index in [1.807, 2.05) is 42.6 Å². The van der Waals surface area contributed by atoms with E-state index in [9.17, 15) is 0 Å². The molecule has 0 saturated carbocycles. The second kappa shape index (κ2) is 10.0. The van der Waals surface area contributed by atoms with Crippen LogP contribution in [0.2, 0.25) is 0 Å². The van der Waals surface area contributed by atoms with Gasteiger partial charge in [-0.15, -0.1) is 34.2 Å². The normalized spacial score (nSPS) is 11.4. The van der Waals surface area contributed by atoms with Gasteiger partial charge >= 0.3 is 0 Å². The van der Waals surface area contributed by atoms with E-state index >= 15 is 0 Å². The Morgan fingerprint density at radius 1 is 1.27 bits per heavy atom. The molecule has 0 aliphatic rings. The van der Waals surface area contributed by atoms with Gasteiger partial charge in [-0.3, -0.25) is 4.40 Å². The average Bonchev–Trinajstić information content (AvgIpc) is 3.22. The summed E-state index contributed by atoms with van der Waals surface area (Å²) < 4.78 is 7.04. The van der Waals surface area contributed by atoms with E-state index in [4.69, 9.17) is 4.52 Å². The number of nitrogens with zero attached hydrogens (tertiary/aromatic N) is 6. The van der Waals surface area contributed by atoms with E-state index < -0.39 is 0 Å². The number of pyridine rings is 1. The first-order chi connectivity index (χ1) is 12.3. The molecule has 3 rings (SSSR count). The number of halogens is 1. The highest BCUT2D eigenvalue weighted by molar-refractivity contribution is 14.0. The third-order valence-corrected chi connectivity index (χ3v) is 3.54. The van der Waals surface area contributed by atoms with Crippen LogP contribution in [0, 0.1) is 6.92 Å². The highest BCUT2D eigenvalue weighted by Crippen LogP contribution is 2.04. The lowest BCUT2D eigenvalue weighted by Gasteiger charge is -2.10. The molecule has 3 heterocycles. The zero-order chi connectivity index (χ0) is 17.5. The summed E-state index contributed by atoms with van der Waals surface area (Å²) in [6.45, 7) is 5.84. The quantitative estimate of drug-likeness (QED) is 0.235. The number of guanidine groups is 1. The van der Waals surface area contributed by atoms with Crippen molar-refractivity contribution in [2.45, 2.75) is 33.2 Å². The predicted octanol–water partition coefficient (Wildman–Crippen LogP) is 1.73. The van der Waals surface area contributed by atoms with Gasteiger partial charge in [0.05, 0.1) is 0 Å². The second-order valence-electron chi connectivity index (χ2n) is 5.51. The molecule has 0 aliphatic heterocycles. The van der Waals surface area contributed by atoms with Gasteiger partial charge in [-0.1, -0.05) is 11.2 Å². The molecule has 26 heavy (non-hydrogen) atoms. The van der Waals surface area contributed by atoms with Crippen LogP contribution < -0.4 is 10.6 Å². The van der Waals surface area contributed by atoms with Gasteiger partial charge in [0.25, 0.3) is 0 Å². The van der Waals surface area contributed by atoms with Crippen LogP contribution in [-0.2, 0) is 13.0 Å². The largest absolute Gasteiger partial charge is 0.357 e. The molecule has 0 bridgehead atoms. The molecule has 140 valence electrons. The molecule has 0 amide bonds. The Morgan fingerprint density at radius 3 is 2.92 bits per heavy atom. The topological polar surface area (TPSA) is 106 Å². The van der Waals surface area contributed by atoms with E-state index in [1.54, 1.807) is 0 Å². The van der Waals surface area contributed by atoms with Crippen molar-refractivity contribution in [2.24, 2.45) is 4.99 Å². The third-order valence-electron chi connectivity index (χ3n) is 3.54. The van der Waals surface area contributed by atoms with Crippen LogP contribution in [0.25, 0.3) is 5.65 Å². The molecule has 0 aliphatic carbocycles.